The number of carbonyl (C=O) groups excluding carboxylic acids is 3. The third-order valence-corrected chi connectivity index (χ3v) is 6.68. The molecule has 5 N–H and O–H groups in total. The lowest BCUT2D eigenvalue weighted by Crippen LogP contribution is -2.63. The van der Waals surface area contributed by atoms with Crippen molar-refractivity contribution in [1.29, 1.82) is 0 Å². The minimum atomic E-state index is -2.32. The Hall–Kier alpha value is -5.48. The zero-order valence-electron chi connectivity index (χ0n) is 23.1. The summed E-state index contributed by atoms with van der Waals surface area (Å²) in [4.78, 5) is 52.5. The molecule has 2 atom stereocenters. The Morgan fingerprint density at radius 2 is 1.12 bits per heavy atom. The molecule has 0 aromatic heterocycles. The molecule has 4 aromatic carbocycles. The van der Waals surface area contributed by atoms with Gasteiger partial charge < -0.3 is 30.9 Å². The number of rotatable bonds is 12. The molecular formula is C33H31N3O7. The zero-order chi connectivity index (χ0) is 30.7. The van der Waals surface area contributed by atoms with E-state index in [0.717, 1.165) is 5.56 Å². The summed E-state index contributed by atoms with van der Waals surface area (Å²) in [6, 6.07) is 29.8. The van der Waals surface area contributed by atoms with Crippen molar-refractivity contribution < 1.29 is 34.1 Å². The van der Waals surface area contributed by atoms with Gasteiger partial charge in [-0.1, -0.05) is 121 Å². The first-order chi connectivity index (χ1) is 20.8. The zero-order valence-corrected chi connectivity index (χ0v) is 23.1. The number of aliphatic hydroxyl groups is 1. The summed E-state index contributed by atoms with van der Waals surface area (Å²) in [5, 5.41) is 29.2. The highest BCUT2D eigenvalue weighted by molar-refractivity contribution is 5.97. The average Bonchev–Trinajstić information content (AvgIpc) is 3.05. The number of hydrogen-bond donors (Lipinski definition) is 5. The summed E-state index contributed by atoms with van der Waals surface area (Å²) in [6.45, 7) is -0.119. The number of nitrogens with one attached hydrogen (secondary N) is 3. The van der Waals surface area contributed by atoms with E-state index in [1.54, 1.807) is 97.1 Å². The van der Waals surface area contributed by atoms with Crippen LogP contribution in [0.15, 0.2) is 121 Å². The van der Waals surface area contributed by atoms with Gasteiger partial charge in [-0.05, 0) is 22.3 Å². The van der Waals surface area contributed by atoms with E-state index >= 15 is 0 Å². The number of ether oxygens (including phenoxy) is 1. The van der Waals surface area contributed by atoms with Crippen molar-refractivity contribution in [2.75, 3.05) is 0 Å². The number of carboxylic acid groups (broad SMARTS) is 1. The molecule has 10 nitrogen and oxygen atoms in total. The molecule has 0 spiro atoms. The normalized spacial score (nSPS) is 12.3. The van der Waals surface area contributed by atoms with Gasteiger partial charge in [-0.3, -0.25) is 9.59 Å². The number of benzene rings is 4. The molecular weight excluding hydrogens is 550 g/mol. The molecule has 4 aromatic rings. The number of carbonyl (C=O) groups is 4. The van der Waals surface area contributed by atoms with Crippen LogP contribution < -0.4 is 16.0 Å². The van der Waals surface area contributed by atoms with Crippen LogP contribution in [0.2, 0.25) is 0 Å². The number of aliphatic carboxylic acids is 1. The van der Waals surface area contributed by atoms with E-state index < -0.39 is 41.6 Å². The van der Waals surface area contributed by atoms with Crippen molar-refractivity contribution in [3.05, 3.63) is 144 Å². The van der Waals surface area contributed by atoms with E-state index in [0.29, 0.717) is 5.56 Å². The minimum Gasteiger partial charge on any atom is -0.480 e. The Bertz CT molecular complexity index is 1480. The maximum Gasteiger partial charge on any atom is 0.408 e. The molecule has 1 unspecified atom stereocenters. The Morgan fingerprint density at radius 3 is 1.60 bits per heavy atom. The fraction of sp³-hybridized carbons (Fsp3) is 0.152. The number of hydrogen-bond acceptors (Lipinski definition) is 6. The maximum absolute atomic E-state index is 13.8. The summed E-state index contributed by atoms with van der Waals surface area (Å²) < 4.78 is 5.23. The van der Waals surface area contributed by atoms with E-state index in [1.807, 2.05) is 0 Å². The lowest BCUT2D eigenvalue weighted by atomic mass is 9.85. The van der Waals surface area contributed by atoms with Crippen LogP contribution in [-0.4, -0.2) is 46.2 Å². The third kappa shape index (κ3) is 7.84. The lowest BCUT2D eigenvalue weighted by Gasteiger charge is -2.31. The van der Waals surface area contributed by atoms with Crippen molar-refractivity contribution in [1.82, 2.24) is 16.0 Å². The van der Waals surface area contributed by atoms with Crippen molar-refractivity contribution >= 4 is 23.9 Å². The molecule has 0 radical (unpaired) electrons. The van der Waals surface area contributed by atoms with E-state index in [1.165, 1.54) is 24.3 Å². The highest BCUT2D eigenvalue weighted by Gasteiger charge is 2.44. The Balaban J connectivity index is 1.61. The topological polar surface area (TPSA) is 154 Å². The molecule has 0 aliphatic carbocycles. The molecule has 0 saturated heterocycles. The molecule has 0 saturated carbocycles. The highest BCUT2D eigenvalue weighted by Crippen LogP contribution is 2.30. The lowest BCUT2D eigenvalue weighted by molar-refractivity contribution is -0.148. The highest BCUT2D eigenvalue weighted by atomic mass is 16.5. The van der Waals surface area contributed by atoms with Crippen LogP contribution in [0.25, 0.3) is 0 Å². The Morgan fingerprint density at radius 1 is 0.651 bits per heavy atom. The summed E-state index contributed by atoms with van der Waals surface area (Å²) in [7, 11) is 0. The van der Waals surface area contributed by atoms with Gasteiger partial charge in [0.2, 0.25) is 5.91 Å². The van der Waals surface area contributed by atoms with Crippen LogP contribution >= 0.6 is 0 Å². The van der Waals surface area contributed by atoms with Gasteiger partial charge in [0.25, 0.3) is 5.91 Å². The SMILES string of the molecule is O=C(N[C@H](C(=O)NCc1ccccc1)C(NC(=O)C(O)(c1ccccc1)c1ccccc1)C(=O)O)OCc1ccccc1. The number of carboxylic acids is 1. The largest absolute Gasteiger partial charge is 0.480 e. The first kappa shape index (κ1) is 30.5. The molecule has 10 heteroatoms. The fourth-order valence-electron chi connectivity index (χ4n) is 4.41. The molecule has 0 bridgehead atoms. The van der Waals surface area contributed by atoms with E-state index in [9.17, 15) is 29.4 Å². The van der Waals surface area contributed by atoms with Gasteiger partial charge in [0, 0.05) is 6.54 Å². The van der Waals surface area contributed by atoms with E-state index in [4.69, 9.17) is 4.74 Å². The van der Waals surface area contributed by atoms with Crippen molar-refractivity contribution in [3.8, 4) is 0 Å². The Labute approximate surface area is 248 Å². The van der Waals surface area contributed by atoms with Crippen molar-refractivity contribution in [2.45, 2.75) is 30.8 Å². The van der Waals surface area contributed by atoms with Gasteiger partial charge in [-0.2, -0.15) is 0 Å². The first-order valence-corrected chi connectivity index (χ1v) is 13.4. The third-order valence-electron chi connectivity index (χ3n) is 6.68. The average molecular weight is 582 g/mol. The second-order valence-electron chi connectivity index (χ2n) is 9.62. The summed E-state index contributed by atoms with van der Waals surface area (Å²) in [5.74, 6) is -3.63. The molecule has 0 aliphatic heterocycles. The molecule has 220 valence electrons. The maximum atomic E-state index is 13.8. The van der Waals surface area contributed by atoms with Gasteiger partial charge in [-0.15, -0.1) is 0 Å². The molecule has 4 rings (SSSR count). The van der Waals surface area contributed by atoms with Gasteiger partial charge in [0.15, 0.2) is 11.6 Å². The van der Waals surface area contributed by atoms with Gasteiger partial charge >= 0.3 is 12.1 Å². The summed E-state index contributed by atoms with van der Waals surface area (Å²) in [5.41, 5.74) is -0.595. The molecule has 0 aliphatic rings. The molecule has 0 fully saturated rings. The van der Waals surface area contributed by atoms with E-state index in [2.05, 4.69) is 16.0 Å². The van der Waals surface area contributed by atoms with Gasteiger partial charge in [0.05, 0.1) is 0 Å². The van der Waals surface area contributed by atoms with Crippen LogP contribution in [0.4, 0.5) is 4.79 Å². The Kier molecular flexibility index (Phi) is 10.2. The fourth-order valence-corrected chi connectivity index (χ4v) is 4.41. The van der Waals surface area contributed by atoms with Crippen LogP contribution in [0.1, 0.15) is 22.3 Å². The molecule has 43 heavy (non-hydrogen) atoms. The van der Waals surface area contributed by atoms with Crippen LogP contribution in [0.3, 0.4) is 0 Å². The smallest absolute Gasteiger partial charge is 0.408 e. The van der Waals surface area contributed by atoms with Gasteiger partial charge in [-0.25, -0.2) is 9.59 Å². The quantitative estimate of drug-likeness (QED) is 0.172. The summed E-state index contributed by atoms with van der Waals surface area (Å²) in [6.07, 6.45) is -1.08. The van der Waals surface area contributed by atoms with Crippen molar-refractivity contribution in [3.63, 3.8) is 0 Å². The second kappa shape index (κ2) is 14.4. The monoisotopic (exact) mass is 581 g/mol. The standard InChI is InChI=1S/C33H31N3O7/c37-29(34-21-23-13-5-1-6-14-23)27(36-32(41)43-22-24-15-7-2-8-16-24)28(30(38)39)35-31(40)33(42,25-17-9-3-10-18-25)26-19-11-4-12-20-26/h1-20,27-28,42H,21-22H2,(H,34,37)(H,35,40)(H,36,41)(H,38,39)/t27-,28?/m0/s1. The van der Waals surface area contributed by atoms with Crippen LogP contribution in [0.5, 0.6) is 0 Å². The predicted molar refractivity (Wildman–Crippen MR) is 157 cm³/mol. The van der Waals surface area contributed by atoms with Crippen molar-refractivity contribution in [2.24, 2.45) is 0 Å². The second-order valence-corrected chi connectivity index (χ2v) is 9.62. The molecule has 0 heterocycles. The van der Waals surface area contributed by atoms with E-state index in [-0.39, 0.29) is 24.3 Å². The van der Waals surface area contributed by atoms with Gasteiger partial charge in [0.1, 0.15) is 12.6 Å². The van der Waals surface area contributed by atoms with Crippen LogP contribution in [0, 0.1) is 0 Å². The summed E-state index contributed by atoms with van der Waals surface area (Å²) >= 11 is 0. The van der Waals surface area contributed by atoms with Crippen LogP contribution in [-0.2, 0) is 37.9 Å². The number of amides is 3. The first-order valence-electron chi connectivity index (χ1n) is 13.4. The molecule has 3 amide bonds. The predicted octanol–water partition coefficient (Wildman–Crippen LogP) is 3.10. The minimum absolute atomic E-state index is 0.0230. The number of alkyl carbamates (subject to hydrolysis) is 1.